The number of amides is 1. The summed E-state index contributed by atoms with van der Waals surface area (Å²) in [5, 5.41) is 9.16. The van der Waals surface area contributed by atoms with Gasteiger partial charge < -0.3 is 20.7 Å². The molecule has 1 aliphatic rings. The normalized spacial score (nSPS) is 14.9. The van der Waals surface area contributed by atoms with E-state index in [-0.39, 0.29) is 48.1 Å². The van der Waals surface area contributed by atoms with Gasteiger partial charge >= 0.3 is 0 Å². The van der Waals surface area contributed by atoms with E-state index in [0.29, 0.717) is 24.9 Å². The third kappa shape index (κ3) is 9.07. The summed E-state index contributed by atoms with van der Waals surface area (Å²) in [6.07, 6.45) is 6.62. The van der Waals surface area contributed by atoms with Crippen molar-refractivity contribution in [2.24, 2.45) is 4.99 Å². The number of carbonyl (C=O) groups excluding carboxylic acids is 1. The van der Waals surface area contributed by atoms with Gasteiger partial charge in [0, 0.05) is 23.8 Å². The molecule has 0 atom stereocenters. The lowest BCUT2D eigenvalue weighted by atomic mass is 10.1. The molecule has 0 bridgehead atoms. The number of carbonyl (C=O) groups is 1. The molecule has 1 aliphatic carbocycles. The van der Waals surface area contributed by atoms with E-state index in [1.165, 1.54) is 12.8 Å². The van der Waals surface area contributed by atoms with Crippen molar-refractivity contribution in [3.63, 3.8) is 0 Å². The third-order valence-electron chi connectivity index (χ3n) is 4.11. The summed E-state index contributed by atoms with van der Waals surface area (Å²) in [6, 6.07) is 3.88. The smallest absolute Gasteiger partial charge is 0.239 e. The van der Waals surface area contributed by atoms with E-state index in [4.69, 9.17) is 4.74 Å². The highest BCUT2D eigenvalue weighted by molar-refractivity contribution is 14.0. The highest BCUT2D eigenvalue weighted by Gasteiger charge is 2.18. The quantitative estimate of drug-likeness (QED) is 0.303. The molecule has 0 saturated heterocycles. The van der Waals surface area contributed by atoms with Gasteiger partial charge in [-0.3, -0.25) is 4.79 Å². The van der Waals surface area contributed by atoms with Crippen molar-refractivity contribution in [2.75, 3.05) is 13.1 Å². The second kappa shape index (κ2) is 12.1. The Balaban J connectivity index is 0.00000392. The first-order valence-electron chi connectivity index (χ1n) is 9.81. The lowest BCUT2D eigenvalue weighted by molar-refractivity contribution is -0.121. The minimum absolute atomic E-state index is 0. The molecule has 8 heteroatoms. The van der Waals surface area contributed by atoms with E-state index in [9.17, 15) is 4.79 Å². The van der Waals surface area contributed by atoms with Crippen LogP contribution in [-0.4, -0.2) is 41.6 Å². The fourth-order valence-electron chi connectivity index (χ4n) is 2.95. The van der Waals surface area contributed by atoms with Crippen molar-refractivity contribution in [3.8, 4) is 5.88 Å². The molecule has 1 aromatic rings. The predicted octanol–water partition coefficient (Wildman–Crippen LogP) is 2.99. The Morgan fingerprint density at radius 2 is 2.00 bits per heavy atom. The lowest BCUT2D eigenvalue weighted by Gasteiger charge is -2.21. The molecule has 7 nitrogen and oxygen atoms in total. The summed E-state index contributed by atoms with van der Waals surface area (Å²) >= 11 is 0. The number of halogens is 1. The van der Waals surface area contributed by atoms with Gasteiger partial charge in [-0.15, -0.1) is 24.0 Å². The fraction of sp³-hybridized carbons (Fsp3) is 0.650. The van der Waals surface area contributed by atoms with Crippen LogP contribution in [0, 0.1) is 0 Å². The molecule has 158 valence electrons. The SMILES string of the molecule is CCNC(=NCc1cccnc1OC1CCCC1)NCC(=O)NC(C)(C)C.I. The van der Waals surface area contributed by atoms with Crippen molar-refractivity contribution < 1.29 is 9.53 Å². The third-order valence-corrected chi connectivity index (χ3v) is 4.11. The second-order valence-corrected chi connectivity index (χ2v) is 7.84. The molecule has 1 aromatic heterocycles. The van der Waals surface area contributed by atoms with Crippen LogP contribution in [-0.2, 0) is 11.3 Å². The molecule has 0 aromatic carbocycles. The minimum atomic E-state index is -0.254. The van der Waals surface area contributed by atoms with E-state index in [1.54, 1.807) is 6.20 Å². The average molecular weight is 503 g/mol. The zero-order valence-corrected chi connectivity index (χ0v) is 19.7. The van der Waals surface area contributed by atoms with Gasteiger partial charge in [0.05, 0.1) is 13.1 Å². The number of hydrogen-bond acceptors (Lipinski definition) is 4. The first-order valence-corrected chi connectivity index (χ1v) is 9.81. The van der Waals surface area contributed by atoms with Crippen molar-refractivity contribution in [1.29, 1.82) is 0 Å². The molecule has 0 unspecified atom stereocenters. The summed E-state index contributed by atoms with van der Waals surface area (Å²) in [6.45, 7) is 9.18. The monoisotopic (exact) mass is 503 g/mol. The Kier molecular flexibility index (Phi) is 10.6. The lowest BCUT2D eigenvalue weighted by Crippen LogP contribution is -2.48. The molecule has 0 aliphatic heterocycles. The number of guanidine groups is 1. The van der Waals surface area contributed by atoms with Crippen LogP contribution in [0.3, 0.4) is 0 Å². The van der Waals surface area contributed by atoms with Crippen molar-refractivity contribution in [2.45, 2.75) is 71.6 Å². The van der Waals surface area contributed by atoms with Gasteiger partial charge in [-0.05, 0) is 59.4 Å². The largest absolute Gasteiger partial charge is 0.474 e. The van der Waals surface area contributed by atoms with Crippen molar-refractivity contribution in [3.05, 3.63) is 23.9 Å². The van der Waals surface area contributed by atoms with Crippen molar-refractivity contribution in [1.82, 2.24) is 20.9 Å². The van der Waals surface area contributed by atoms with Gasteiger partial charge in [0.1, 0.15) is 6.10 Å². The number of hydrogen-bond donors (Lipinski definition) is 3. The molecule has 1 saturated carbocycles. The Morgan fingerprint density at radius 1 is 1.29 bits per heavy atom. The second-order valence-electron chi connectivity index (χ2n) is 7.84. The van der Waals surface area contributed by atoms with Gasteiger partial charge in [0.2, 0.25) is 11.8 Å². The topological polar surface area (TPSA) is 87.6 Å². The van der Waals surface area contributed by atoms with Crippen LogP contribution in [0.4, 0.5) is 0 Å². The summed E-state index contributed by atoms with van der Waals surface area (Å²) < 4.78 is 6.07. The maximum absolute atomic E-state index is 12.0. The summed E-state index contributed by atoms with van der Waals surface area (Å²) in [5.74, 6) is 1.19. The maximum atomic E-state index is 12.0. The Hall–Kier alpha value is -1.58. The summed E-state index contributed by atoms with van der Waals surface area (Å²) in [7, 11) is 0. The fourth-order valence-corrected chi connectivity index (χ4v) is 2.95. The highest BCUT2D eigenvalue weighted by atomic mass is 127. The average Bonchev–Trinajstić information content (AvgIpc) is 3.10. The molecular weight excluding hydrogens is 469 g/mol. The molecule has 1 fully saturated rings. The van der Waals surface area contributed by atoms with Gasteiger partial charge in [0.15, 0.2) is 5.96 Å². The molecule has 0 spiro atoms. The molecule has 28 heavy (non-hydrogen) atoms. The van der Waals surface area contributed by atoms with Crippen LogP contribution >= 0.6 is 24.0 Å². The van der Waals surface area contributed by atoms with E-state index < -0.39 is 0 Å². The van der Waals surface area contributed by atoms with Crippen LogP contribution in [0.2, 0.25) is 0 Å². The van der Waals surface area contributed by atoms with Gasteiger partial charge in [-0.1, -0.05) is 6.07 Å². The minimum Gasteiger partial charge on any atom is -0.474 e. The molecule has 0 radical (unpaired) electrons. The van der Waals surface area contributed by atoms with E-state index in [1.807, 2.05) is 39.8 Å². The summed E-state index contributed by atoms with van der Waals surface area (Å²) in [5.41, 5.74) is 0.692. The number of nitrogens with zero attached hydrogens (tertiary/aromatic N) is 2. The zero-order chi connectivity index (χ0) is 19.7. The number of pyridine rings is 1. The van der Waals surface area contributed by atoms with Gasteiger partial charge in [-0.25, -0.2) is 9.98 Å². The van der Waals surface area contributed by atoms with Crippen molar-refractivity contribution >= 4 is 35.8 Å². The van der Waals surface area contributed by atoms with Gasteiger partial charge in [-0.2, -0.15) is 0 Å². The predicted molar refractivity (Wildman–Crippen MR) is 123 cm³/mol. The number of aliphatic imine (C=N–C) groups is 1. The van der Waals surface area contributed by atoms with Crippen LogP contribution in [0.5, 0.6) is 5.88 Å². The maximum Gasteiger partial charge on any atom is 0.239 e. The zero-order valence-electron chi connectivity index (χ0n) is 17.4. The summed E-state index contributed by atoms with van der Waals surface area (Å²) in [4.78, 5) is 21.0. The van der Waals surface area contributed by atoms with Gasteiger partial charge in [0.25, 0.3) is 0 Å². The van der Waals surface area contributed by atoms with Crippen LogP contribution in [0.25, 0.3) is 0 Å². The first kappa shape index (κ1) is 24.5. The molecule has 1 amide bonds. The standard InChI is InChI=1S/C20H33N5O2.HI/c1-5-21-19(24-14-17(26)25-20(2,3)4)23-13-15-9-8-12-22-18(15)27-16-10-6-7-11-16;/h8-9,12,16H,5-7,10-11,13-14H2,1-4H3,(H,25,26)(H2,21,23,24);1H. The molecule has 3 N–H and O–H groups in total. The van der Waals surface area contributed by atoms with E-state index in [0.717, 1.165) is 18.4 Å². The van der Waals surface area contributed by atoms with E-state index >= 15 is 0 Å². The number of aromatic nitrogens is 1. The number of rotatable bonds is 7. The molecule has 2 rings (SSSR count). The molecule has 1 heterocycles. The Labute approximate surface area is 185 Å². The highest BCUT2D eigenvalue weighted by Crippen LogP contribution is 2.25. The molecular formula is C20H34IN5O2. The van der Waals surface area contributed by atoms with Crippen LogP contribution in [0.1, 0.15) is 58.9 Å². The number of nitrogens with one attached hydrogen (secondary N) is 3. The number of ether oxygens (including phenoxy) is 1. The first-order chi connectivity index (χ1) is 12.9. The van der Waals surface area contributed by atoms with Crippen LogP contribution < -0.4 is 20.7 Å². The van der Waals surface area contributed by atoms with Crippen LogP contribution in [0.15, 0.2) is 23.3 Å². The Bertz CT molecular complexity index is 640. The van der Waals surface area contributed by atoms with E-state index in [2.05, 4.69) is 25.9 Å². The Morgan fingerprint density at radius 3 is 2.64 bits per heavy atom.